The summed E-state index contributed by atoms with van der Waals surface area (Å²) < 4.78 is 5.96. The molecule has 0 aliphatic carbocycles. The van der Waals surface area contributed by atoms with Crippen LogP contribution in [0.4, 0.5) is 0 Å². The maximum Gasteiger partial charge on any atom is 0.244 e. The van der Waals surface area contributed by atoms with Crippen molar-refractivity contribution in [2.45, 2.75) is 26.4 Å². The van der Waals surface area contributed by atoms with Crippen LogP contribution in [0.3, 0.4) is 0 Å². The number of Topliss-reactive ketones (excluding diaryl/α,β-unsaturated/α-hetero) is 1. The second kappa shape index (κ2) is 8.71. The minimum absolute atomic E-state index is 0.0524. The molecule has 1 unspecified atom stereocenters. The number of halogens is 1. The SMILES string of the molecule is CC(=O)c1ccc(-c2cc(Cl)c3c(c2)CC(CNC(=O)/C=C/c2csc(C)n2)O3)s1. The summed E-state index contributed by atoms with van der Waals surface area (Å²) in [6, 6.07) is 7.67. The molecule has 0 radical (unpaired) electrons. The summed E-state index contributed by atoms with van der Waals surface area (Å²) in [6.45, 7) is 3.87. The summed E-state index contributed by atoms with van der Waals surface area (Å²) in [5.41, 5.74) is 2.74. The van der Waals surface area contributed by atoms with Crippen LogP contribution in [-0.4, -0.2) is 29.3 Å². The number of ketones is 1. The Kier molecular flexibility index (Phi) is 6.04. The molecule has 5 nitrogen and oxygen atoms in total. The highest BCUT2D eigenvalue weighted by atomic mass is 35.5. The van der Waals surface area contributed by atoms with Gasteiger partial charge >= 0.3 is 0 Å². The third kappa shape index (κ3) is 4.64. The van der Waals surface area contributed by atoms with Crippen LogP contribution in [0.25, 0.3) is 16.5 Å². The number of rotatable bonds is 6. The lowest BCUT2D eigenvalue weighted by molar-refractivity contribution is -0.116. The number of thiazole rings is 1. The van der Waals surface area contributed by atoms with Gasteiger partial charge in [0.25, 0.3) is 0 Å². The molecule has 1 aliphatic rings. The third-order valence-electron chi connectivity index (χ3n) is 4.64. The predicted octanol–water partition coefficient (Wildman–Crippen LogP) is 5.17. The largest absolute Gasteiger partial charge is 0.486 e. The number of hydrogen-bond acceptors (Lipinski definition) is 6. The predicted molar refractivity (Wildman–Crippen MR) is 122 cm³/mol. The van der Waals surface area contributed by atoms with Gasteiger partial charge in [0.2, 0.25) is 5.91 Å². The number of aromatic nitrogens is 1. The number of nitrogens with zero attached hydrogens (tertiary/aromatic N) is 1. The average Bonchev–Trinajstić information content (AvgIpc) is 3.43. The van der Waals surface area contributed by atoms with Crippen molar-refractivity contribution >= 4 is 52.0 Å². The van der Waals surface area contributed by atoms with Gasteiger partial charge in [0.05, 0.1) is 27.1 Å². The van der Waals surface area contributed by atoms with Crippen LogP contribution in [0.5, 0.6) is 5.75 Å². The minimum atomic E-state index is -0.192. The van der Waals surface area contributed by atoms with Crippen molar-refractivity contribution in [3.63, 3.8) is 0 Å². The van der Waals surface area contributed by atoms with Crippen molar-refractivity contribution < 1.29 is 14.3 Å². The number of benzene rings is 1. The molecule has 154 valence electrons. The molecule has 8 heteroatoms. The van der Waals surface area contributed by atoms with Gasteiger partial charge in [-0.3, -0.25) is 9.59 Å². The van der Waals surface area contributed by atoms with Crippen molar-refractivity contribution in [1.29, 1.82) is 0 Å². The highest BCUT2D eigenvalue weighted by Crippen LogP contribution is 2.41. The molecule has 0 fully saturated rings. The highest BCUT2D eigenvalue weighted by molar-refractivity contribution is 7.17. The quantitative estimate of drug-likeness (QED) is 0.408. The number of amides is 1. The Bertz CT molecular complexity index is 1150. The zero-order valence-electron chi connectivity index (χ0n) is 16.4. The standard InChI is InChI=1S/C22H19ClN2O3S2/c1-12(26)19-4-5-20(30-19)14-7-15-8-17(28-22(15)18(23)9-14)10-24-21(27)6-3-16-11-29-13(2)25-16/h3-7,9,11,17H,8,10H2,1-2H3,(H,24,27)/b6-3+. The summed E-state index contributed by atoms with van der Waals surface area (Å²) >= 11 is 9.44. The van der Waals surface area contributed by atoms with E-state index in [1.54, 1.807) is 24.3 Å². The lowest BCUT2D eigenvalue weighted by Gasteiger charge is -2.11. The summed E-state index contributed by atoms with van der Waals surface area (Å²) in [5.74, 6) is 0.524. The number of fused-ring (bicyclic) bond motifs is 1. The van der Waals surface area contributed by atoms with E-state index < -0.39 is 0 Å². The monoisotopic (exact) mass is 458 g/mol. The molecular weight excluding hydrogens is 440 g/mol. The van der Waals surface area contributed by atoms with Crippen molar-refractivity contribution in [1.82, 2.24) is 10.3 Å². The molecule has 1 atom stereocenters. The van der Waals surface area contributed by atoms with E-state index in [-0.39, 0.29) is 17.8 Å². The highest BCUT2D eigenvalue weighted by Gasteiger charge is 2.26. The number of carbonyl (C=O) groups excluding carboxylic acids is 2. The van der Waals surface area contributed by atoms with E-state index in [9.17, 15) is 9.59 Å². The molecule has 3 heterocycles. The Balaban J connectivity index is 1.39. The van der Waals surface area contributed by atoms with Crippen molar-refractivity contribution in [2.75, 3.05) is 6.54 Å². The first-order valence-corrected chi connectivity index (χ1v) is 11.4. The normalized spacial score (nSPS) is 15.2. The molecule has 0 saturated heterocycles. The van der Waals surface area contributed by atoms with E-state index in [0.29, 0.717) is 23.7 Å². The number of aryl methyl sites for hydroxylation is 1. The van der Waals surface area contributed by atoms with Crippen LogP contribution in [0.15, 0.2) is 35.7 Å². The molecule has 0 saturated carbocycles. The number of thiophene rings is 1. The minimum Gasteiger partial charge on any atom is -0.486 e. The van der Waals surface area contributed by atoms with Gasteiger partial charge in [-0.1, -0.05) is 11.6 Å². The van der Waals surface area contributed by atoms with Crippen LogP contribution < -0.4 is 10.1 Å². The smallest absolute Gasteiger partial charge is 0.244 e. The van der Waals surface area contributed by atoms with Crippen LogP contribution in [0.1, 0.15) is 32.9 Å². The number of ether oxygens (including phenoxy) is 1. The van der Waals surface area contributed by atoms with E-state index >= 15 is 0 Å². The van der Waals surface area contributed by atoms with Crippen LogP contribution in [0, 0.1) is 6.92 Å². The van der Waals surface area contributed by atoms with Crippen molar-refractivity contribution in [3.8, 4) is 16.2 Å². The summed E-state index contributed by atoms with van der Waals surface area (Å²) in [5, 5.41) is 6.27. The fourth-order valence-electron chi connectivity index (χ4n) is 3.22. The molecule has 1 amide bonds. The van der Waals surface area contributed by atoms with Crippen LogP contribution >= 0.6 is 34.3 Å². The second-order valence-corrected chi connectivity index (χ2v) is 9.53. The zero-order chi connectivity index (χ0) is 21.3. The molecule has 4 rings (SSSR count). The molecular formula is C22H19ClN2O3S2. The Morgan fingerprint density at radius 1 is 1.37 bits per heavy atom. The van der Waals surface area contributed by atoms with E-state index in [1.165, 1.54) is 17.4 Å². The first-order valence-electron chi connectivity index (χ1n) is 9.37. The molecule has 1 aliphatic heterocycles. The van der Waals surface area contributed by atoms with Crippen LogP contribution in [0.2, 0.25) is 5.02 Å². The van der Waals surface area contributed by atoms with Crippen molar-refractivity contribution in [3.05, 3.63) is 61.9 Å². The fraction of sp³-hybridized carbons (Fsp3) is 0.227. The zero-order valence-corrected chi connectivity index (χ0v) is 18.8. The van der Waals surface area contributed by atoms with E-state index in [4.69, 9.17) is 16.3 Å². The van der Waals surface area contributed by atoms with Gasteiger partial charge in [0.1, 0.15) is 11.9 Å². The Morgan fingerprint density at radius 2 is 2.20 bits per heavy atom. The molecule has 0 spiro atoms. The summed E-state index contributed by atoms with van der Waals surface area (Å²) in [6.07, 6.45) is 3.65. The Hall–Kier alpha value is -2.48. The van der Waals surface area contributed by atoms with Gasteiger partial charge in [-0.05, 0) is 49.8 Å². The van der Waals surface area contributed by atoms with Gasteiger partial charge in [-0.2, -0.15) is 0 Å². The molecule has 30 heavy (non-hydrogen) atoms. The summed E-state index contributed by atoms with van der Waals surface area (Å²) in [7, 11) is 0. The fourth-order valence-corrected chi connectivity index (χ4v) is 4.97. The number of nitrogens with one attached hydrogen (secondary N) is 1. The van der Waals surface area contributed by atoms with Gasteiger partial charge in [-0.15, -0.1) is 22.7 Å². The van der Waals surface area contributed by atoms with Gasteiger partial charge in [0, 0.05) is 28.3 Å². The maximum atomic E-state index is 12.1. The van der Waals surface area contributed by atoms with Crippen molar-refractivity contribution in [2.24, 2.45) is 0 Å². The molecule has 2 aromatic heterocycles. The Labute approximate surface area is 187 Å². The number of hydrogen-bond donors (Lipinski definition) is 1. The van der Waals surface area contributed by atoms with E-state index in [1.807, 2.05) is 36.6 Å². The first kappa shape index (κ1) is 20.8. The molecule has 0 bridgehead atoms. The summed E-state index contributed by atoms with van der Waals surface area (Å²) in [4.78, 5) is 29.7. The first-order chi connectivity index (χ1) is 14.4. The maximum absolute atomic E-state index is 12.1. The van der Waals surface area contributed by atoms with Gasteiger partial charge in [0.15, 0.2) is 5.78 Å². The van der Waals surface area contributed by atoms with Crippen LogP contribution in [-0.2, 0) is 11.2 Å². The number of carbonyl (C=O) groups is 2. The Morgan fingerprint density at radius 3 is 2.90 bits per heavy atom. The molecule has 1 aromatic carbocycles. The van der Waals surface area contributed by atoms with Gasteiger partial charge in [-0.25, -0.2) is 4.98 Å². The lowest BCUT2D eigenvalue weighted by Crippen LogP contribution is -2.33. The molecule has 1 N–H and O–H groups in total. The van der Waals surface area contributed by atoms with Gasteiger partial charge < -0.3 is 10.1 Å². The second-order valence-electron chi connectivity index (χ2n) is 6.98. The van der Waals surface area contributed by atoms with E-state index in [2.05, 4.69) is 10.3 Å². The average molecular weight is 459 g/mol. The third-order valence-corrected chi connectivity index (χ3v) is 6.94. The lowest BCUT2D eigenvalue weighted by atomic mass is 10.1. The van der Waals surface area contributed by atoms with E-state index in [0.717, 1.165) is 31.6 Å². The molecule has 3 aromatic rings. The topological polar surface area (TPSA) is 68.3 Å².